The molecule has 4 unspecified atom stereocenters. The van der Waals surface area contributed by atoms with E-state index in [9.17, 15) is 0 Å². The zero-order valence-corrected chi connectivity index (χ0v) is 12.3. The molecule has 0 spiro atoms. The van der Waals surface area contributed by atoms with Gasteiger partial charge in [-0.05, 0) is 43.9 Å². The number of benzene rings is 1. The standard InChI is InChI=1S/C17H25N3/c1-19-13-6-7-14(19)11-20(9-8-13)16-10-12-4-2-3-5-15(12)17(16)18/h2-5,13-14,16-17H,6-11,18H2,1H3. The minimum Gasteiger partial charge on any atom is -0.323 e. The number of likely N-dealkylation sites (N-methyl/N-ethyl adjacent to an activating group) is 1. The van der Waals surface area contributed by atoms with Gasteiger partial charge in [-0.3, -0.25) is 9.80 Å². The number of rotatable bonds is 1. The van der Waals surface area contributed by atoms with Crippen LogP contribution in [0.5, 0.6) is 0 Å². The summed E-state index contributed by atoms with van der Waals surface area (Å²) in [5, 5.41) is 0. The summed E-state index contributed by atoms with van der Waals surface area (Å²) in [5.74, 6) is 0. The highest BCUT2D eigenvalue weighted by Gasteiger charge is 2.40. The van der Waals surface area contributed by atoms with Crippen LogP contribution in [0.4, 0.5) is 0 Å². The lowest BCUT2D eigenvalue weighted by Gasteiger charge is -2.33. The van der Waals surface area contributed by atoms with Crippen molar-refractivity contribution >= 4 is 0 Å². The summed E-state index contributed by atoms with van der Waals surface area (Å²) in [7, 11) is 2.31. The van der Waals surface area contributed by atoms with E-state index in [1.807, 2.05) is 0 Å². The molecule has 0 radical (unpaired) electrons. The van der Waals surface area contributed by atoms with E-state index in [-0.39, 0.29) is 6.04 Å². The lowest BCUT2D eigenvalue weighted by molar-refractivity contribution is 0.159. The normalized spacial score (nSPS) is 37.9. The second kappa shape index (κ2) is 4.83. The molecule has 1 aromatic carbocycles. The van der Waals surface area contributed by atoms with E-state index in [1.54, 1.807) is 0 Å². The number of fused-ring (bicyclic) bond motifs is 3. The van der Waals surface area contributed by atoms with Gasteiger partial charge >= 0.3 is 0 Å². The molecule has 3 aliphatic rings. The van der Waals surface area contributed by atoms with Gasteiger partial charge in [0.1, 0.15) is 0 Å². The van der Waals surface area contributed by atoms with Crippen molar-refractivity contribution in [3.63, 3.8) is 0 Å². The fourth-order valence-electron chi connectivity index (χ4n) is 4.60. The van der Waals surface area contributed by atoms with E-state index < -0.39 is 0 Å². The van der Waals surface area contributed by atoms with Crippen molar-refractivity contribution < 1.29 is 0 Å². The first-order valence-corrected chi connectivity index (χ1v) is 8.03. The molecule has 2 heterocycles. The first-order valence-electron chi connectivity index (χ1n) is 8.03. The van der Waals surface area contributed by atoms with Gasteiger partial charge in [0, 0.05) is 37.3 Å². The average Bonchev–Trinajstić information content (AvgIpc) is 2.89. The number of nitrogens with two attached hydrogens (primary N) is 1. The third kappa shape index (κ3) is 1.92. The van der Waals surface area contributed by atoms with Crippen LogP contribution in [0.15, 0.2) is 24.3 Å². The molecule has 2 N–H and O–H groups in total. The molecule has 20 heavy (non-hydrogen) atoms. The smallest absolute Gasteiger partial charge is 0.0459 e. The molecule has 1 aliphatic carbocycles. The van der Waals surface area contributed by atoms with E-state index in [0.717, 1.165) is 18.5 Å². The van der Waals surface area contributed by atoms with Crippen LogP contribution >= 0.6 is 0 Å². The van der Waals surface area contributed by atoms with Crippen LogP contribution in [-0.2, 0) is 6.42 Å². The van der Waals surface area contributed by atoms with Crippen molar-refractivity contribution in [3.05, 3.63) is 35.4 Å². The predicted molar refractivity (Wildman–Crippen MR) is 81.6 cm³/mol. The fraction of sp³-hybridized carbons (Fsp3) is 0.647. The van der Waals surface area contributed by atoms with Crippen LogP contribution in [0.25, 0.3) is 0 Å². The molecule has 0 amide bonds. The highest BCUT2D eigenvalue weighted by Crippen LogP contribution is 2.36. The topological polar surface area (TPSA) is 32.5 Å². The Kier molecular flexibility index (Phi) is 3.09. The third-order valence-electron chi connectivity index (χ3n) is 5.91. The maximum atomic E-state index is 6.55. The van der Waals surface area contributed by atoms with Crippen LogP contribution in [0.3, 0.4) is 0 Å². The van der Waals surface area contributed by atoms with Gasteiger partial charge in [-0.15, -0.1) is 0 Å². The van der Waals surface area contributed by atoms with Gasteiger partial charge in [0.15, 0.2) is 0 Å². The molecule has 4 atom stereocenters. The van der Waals surface area contributed by atoms with Crippen molar-refractivity contribution in [1.82, 2.24) is 9.80 Å². The predicted octanol–water partition coefficient (Wildman–Crippen LogP) is 1.78. The van der Waals surface area contributed by atoms with Crippen LogP contribution in [-0.4, -0.2) is 48.1 Å². The van der Waals surface area contributed by atoms with Crippen molar-refractivity contribution in [1.29, 1.82) is 0 Å². The Morgan fingerprint density at radius 3 is 2.75 bits per heavy atom. The van der Waals surface area contributed by atoms with Crippen molar-refractivity contribution in [2.24, 2.45) is 5.73 Å². The largest absolute Gasteiger partial charge is 0.323 e. The first-order chi connectivity index (χ1) is 9.74. The molecule has 0 aromatic heterocycles. The zero-order chi connectivity index (χ0) is 13.7. The van der Waals surface area contributed by atoms with E-state index >= 15 is 0 Å². The van der Waals surface area contributed by atoms with Crippen molar-refractivity contribution in [2.45, 2.75) is 49.9 Å². The van der Waals surface area contributed by atoms with Gasteiger partial charge in [-0.2, -0.15) is 0 Å². The molecule has 2 aliphatic heterocycles. The van der Waals surface area contributed by atoms with E-state index in [0.29, 0.717) is 6.04 Å². The second-order valence-corrected chi connectivity index (χ2v) is 6.83. The number of hydrogen-bond donors (Lipinski definition) is 1. The van der Waals surface area contributed by atoms with Crippen LogP contribution in [0, 0.1) is 0 Å². The monoisotopic (exact) mass is 271 g/mol. The summed E-state index contributed by atoms with van der Waals surface area (Å²) >= 11 is 0. The van der Waals surface area contributed by atoms with E-state index in [1.165, 1.54) is 43.5 Å². The van der Waals surface area contributed by atoms with Crippen molar-refractivity contribution in [3.8, 4) is 0 Å². The molecular weight excluding hydrogens is 246 g/mol. The number of nitrogens with zero attached hydrogens (tertiary/aromatic N) is 2. The highest BCUT2D eigenvalue weighted by atomic mass is 15.3. The summed E-state index contributed by atoms with van der Waals surface area (Å²) in [5.41, 5.74) is 9.39. The molecule has 3 heteroatoms. The SMILES string of the molecule is CN1C2CCC1CN(C1Cc3ccccc3C1N)CC2. The second-order valence-electron chi connectivity index (χ2n) is 6.83. The Morgan fingerprint density at radius 2 is 1.90 bits per heavy atom. The van der Waals surface area contributed by atoms with Crippen LogP contribution in [0.1, 0.15) is 36.4 Å². The molecule has 1 aromatic rings. The minimum atomic E-state index is 0.202. The molecule has 2 bridgehead atoms. The Morgan fingerprint density at radius 1 is 1.10 bits per heavy atom. The molecule has 2 fully saturated rings. The minimum absolute atomic E-state index is 0.202. The molecule has 3 nitrogen and oxygen atoms in total. The fourth-order valence-corrected chi connectivity index (χ4v) is 4.60. The van der Waals surface area contributed by atoms with Gasteiger partial charge in [-0.25, -0.2) is 0 Å². The Hall–Kier alpha value is -0.900. The lowest BCUT2D eigenvalue weighted by Crippen LogP contribution is -2.45. The summed E-state index contributed by atoms with van der Waals surface area (Å²) in [6.07, 6.45) is 5.21. The molecule has 0 saturated carbocycles. The maximum absolute atomic E-state index is 6.55. The van der Waals surface area contributed by atoms with E-state index in [2.05, 4.69) is 41.1 Å². The summed E-state index contributed by atoms with van der Waals surface area (Å²) in [6.45, 7) is 2.43. The maximum Gasteiger partial charge on any atom is 0.0459 e. The van der Waals surface area contributed by atoms with Crippen LogP contribution in [0.2, 0.25) is 0 Å². The highest BCUT2D eigenvalue weighted by molar-refractivity contribution is 5.37. The lowest BCUT2D eigenvalue weighted by atomic mass is 10.0. The third-order valence-corrected chi connectivity index (χ3v) is 5.91. The first kappa shape index (κ1) is 12.8. The summed E-state index contributed by atoms with van der Waals surface area (Å²) < 4.78 is 0. The number of hydrogen-bond acceptors (Lipinski definition) is 3. The molecule has 2 saturated heterocycles. The average molecular weight is 271 g/mol. The number of likely N-dealkylation sites (tertiary alicyclic amines) is 1. The Bertz CT molecular complexity index is 501. The van der Waals surface area contributed by atoms with E-state index in [4.69, 9.17) is 5.73 Å². The molecule has 108 valence electrons. The quantitative estimate of drug-likeness (QED) is 0.845. The Labute approximate surface area is 121 Å². The van der Waals surface area contributed by atoms with Crippen LogP contribution < -0.4 is 5.73 Å². The molecular formula is C17H25N3. The van der Waals surface area contributed by atoms with Gasteiger partial charge < -0.3 is 5.73 Å². The van der Waals surface area contributed by atoms with Crippen molar-refractivity contribution in [2.75, 3.05) is 20.1 Å². The van der Waals surface area contributed by atoms with Gasteiger partial charge in [0.05, 0.1) is 0 Å². The summed E-state index contributed by atoms with van der Waals surface area (Å²) in [6, 6.07) is 11.0. The zero-order valence-electron chi connectivity index (χ0n) is 12.3. The van der Waals surface area contributed by atoms with Gasteiger partial charge in [0.25, 0.3) is 0 Å². The Balaban J connectivity index is 1.55. The van der Waals surface area contributed by atoms with Gasteiger partial charge in [-0.1, -0.05) is 24.3 Å². The molecule has 4 rings (SSSR count). The summed E-state index contributed by atoms with van der Waals surface area (Å²) in [4.78, 5) is 5.30. The van der Waals surface area contributed by atoms with Gasteiger partial charge in [0.2, 0.25) is 0 Å².